The van der Waals surface area contributed by atoms with Gasteiger partial charge >= 0.3 is 0 Å². The van der Waals surface area contributed by atoms with E-state index in [1.54, 1.807) is 12.5 Å². The van der Waals surface area contributed by atoms with Crippen LogP contribution in [0.1, 0.15) is 24.6 Å². The molecule has 1 aromatic carbocycles. The summed E-state index contributed by atoms with van der Waals surface area (Å²) in [7, 11) is 0. The third kappa shape index (κ3) is 3.81. The van der Waals surface area contributed by atoms with Gasteiger partial charge in [-0.1, -0.05) is 44.2 Å². The summed E-state index contributed by atoms with van der Waals surface area (Å²) in [4.78, 5) is 21.7. The molecular formula is C16H17N5OS. The van der Waals surface area contributed by atoms with Gasteiger partial charge in [0.15, 0.2) is 11.0 Å². The molecule has 7 heteroatoms. The van der Waals surface area contributed by atoms with Crippen LogP contribution in [-0.4, -0.2) is 25.7 Å². The fourth-order valence-electron chi connectivity index (χ4n) is 2.01. The van der Waals surface area contributed by atoms with Crippen LogP contribution in [0.15, 0.2) is 42.9 Å². The van der Waals surface area contributed by atoms with Gasteiger partial charge in [0.1, 0.15) is 12.9 Å². The van der Waals surface area contributed by atoms with E-state index in [1.807, 2.05) is 30.3 Å². The monoisotopic (exact) mass is 327 g/mol. The minimum absolute atomic E-state index is 0.108. The molecule has 2 aromatic heterocycles. The number of nitrogens with one attached hydrogen (secondary N) is 1. The zero-order valence-electron chi connectivity index (χ0n) is 12.9. The quantitative estimate of drug-likeness (QED) is 0.781. The molecule has 118 valence electrons. The summed E-state index contributed by atoms with van der Waals surface area (Å²) in [6, 6.07) is 9.66. The highest BCUT2D eigenvalue weighted by atomic mass is 32.1. The SMILES string of the molecule is CC(C)c1cnc(NC(=O)Cn2cnc(-c3ccccc3)n2)s1. The summed E-state index contributed by atoms with van der Waals surface area (Å²) in [5, 5.41) is 7.73. The molecule has 0 aliphatic rings. The number of aromatic nitrogens is 4. The van der Waals surface area contributed by atoms with E-state index in [0.29, 0.717) is 16.9 Å². The van der Waals surface area contributed by atoms with E-state index in [1.165, 1.54) is 16.0 Å². The van der Waals surface area contributed by atoms with Crippen LogP contribution in [0.4, 0.5) is 5.13 Å². The van der Waals surface area contributed by atoms with E-state index >= 15 is 0 Å². The maximum absolute atomic E-state index is 12.1. The highest BCUT2D eigenvalue weighted by Gasteiger charge is 2.11. The lowest BCUT2D eigenvalue weighted by atomic mass is 10.2. The molecule has 0 saturated carbocycles. The number of amides is 1. The minimum Gasteiger partial charge on any atom is -0.300 e. The molecule has 3 rings (SSSR count). The Labute approximate surface area is 138 Å². The Bertz CT molecular complexity index is 794. The summed E-state index contributed by atoms with van der Waals surface area (Å²) >= 11 is 1.49. The molecule has 0 fully saturated rings. The topological polar surface area (TPSA) is 72.7 Å². The first-order valence-corrected chi connectivity index (χ1v) is 8.14. The third-order valence-electron chi connectivity index (χ3n) is 3.21. The molecule has 0 unspecified atom stereocenters. The number of thiazole rings is 1. The van der Waals surface area contributed by atoms with Gasteiger partial charge in [0.2, 0.25) is 5.91 Å². The summed E-state index contributed by atoms with van der Waals surface area (Å²) in [6.07, 6.45) is 3.36. The Morgan fingerprint density at radius 1 is 1.26 bits per heavy atom. The number of nitrogens with zero attached hydrogens (tertiary/aromatic N) is 4. The normalized spacial score (nSPS) is 10.9. The van der Waals surface area contributed by atoms with E-state index in [4.69, 9.17) is 0 Å². The third-order valence-corrected chi connectivity index (χ3v) is 4.43. The smallest absolute Gasteiger partial charge is 0.247 e. The number of hydrogen-bond donors (Lipinski definition) is 1. The van der Waals surface area contributed by atoms with Crippen LogP contribution in [0, 0.1) is 0 Å². The maximum atomic E-state index is 12.1. The fraction of sp³-hybridized carbons (Fsp3) is 0.250. The maximum Gasteiger partial charge on any atom is 0.247 e. The Hall–Kier alpha value is -2.54. The summed E-state index contributed by atoms with van der Waals surface area (Å²) in [5.41, 5.74) is 0.924. The van der Waals surface area contributed by atoms with Crippen molar-refractivity contribution >= 4 is 22.4 Å². The Kier molecular flexibility index (Phi) is 4.47. The van der Waals surface area contributed by atoms with Crippen molar-refractivity contribution in [3.8, 4) is 11.4 Å². The standard InChI is InChI=1S/C16H17N5OS/c1-11(2)13-8-17-16(23-13)19-14(22)9-21-10-18-15(20-21)12-6-4-3-5-7-12/h3-8,10-11H,9H2,1-2H3,(H,17,19,22). The second-order valence-electron chi connectivity index (χ2n) is 5.40. The van der Waals surface area contributed by atoms with Gasteiger partial charge in [0, 0.05) is 16.6 Å². The van der Waals surface area contributed by atoms with Crippen LogP contribution in [-0.2, 0) is 11.3 Å². The van der Waals surface area contributed by atoms with Gasteiger partial charge in [-0.15, -0.1) is 11.3 Å². The molecule has 2 heterocycles. The van der Waals surface area contributed by atoms with Crippen molar-refractivity contribution in [2.75, 3.05) is 5.32 Å². The van der Waals surface area contributed by atoms with E-state index < -0.39 is 0 Å². The van der Waals surface area contributed by atoms with Crippen LogP contribution in [0.5, 0.6) is 0 Å². The number of carbonyl (C=O) groups is 1. The van der Waals surface area contributed by atoms with Gasteiger partial charge in [-0.2, -0.15) is 5.10 Å². The molecule has 0 aliphatic carbocycles. The van der Waals surface area contributed by atoms with Crippen molar-refractivity contribution in [2.45, 2.75) is 26.3 Å². The Morgan fingerprint density at radius 3 is 2.74 bits per heavy atom. The molecule has 23 heavy (non-hydrogen) atoms. The number of hydrogen-bond acceptors (Lipinski definition) is 5. The zero-order chi connectivity index (χ0) is 16.2. The van der Waals surface area contributed by atoms with Gasteiger partial charge in [-0.05, 0) is 5.92 Å². The number of benzene rings is 1. The second kappa shape index (κ2) is 6.70. The molecule has 1 N–H and O–H groups in total. The van der Waals surface area contributed by atoms with Crippen LogP contribution in [0.3, 0.4) is 0 Å². The number of rotatable bonds is 5. The molecule has 3 aromatic rings. The van der Waals surface area contributed by atoms with Crippen LogP contribution in [0.25, 0.3) is 11.4 Å². The molecule has 0 bridgehead atoms. The largest absolute Gasteiger partial charge is 0.300 e. The first-order chi connectivity index (χ1) is 11.1. The first-order valence-electron chi connectivity index (χ1n) is 7.32. The average molecular weight is 327 g/mol. The molecule has 1 amide bonds. The van der Waals surface area contributed by atoms with E-state index in [9.17, 15) is 4.79 Å². The predicted molar refractivity (Wildman–Crippen MR) is 90.3 cm³/mol. The summed E-state index contributed by atoms with van der Waals surface area (Å²) in [5.74, 6) is 0.843. The van der Waals surface area contributed by atoms with E-state index in [-0.39, 0.29) is 12.5 Å². The lowest BCUT2D eigenvalue weighted by molar-refractivity contribution is -0.116. The summed E-state index contributed by atoms with van der Waals surface area (Å²) in [6.45, 7) is 4.30. The van der Waals surface area contributed by atoms with E-state index in [0.717, 1.165) is 10.4 Å². The van der Waals surface area contributed by atoms with Gasteiger partial charge in [-0.3, -0.25) is 4.79 Å². The molecule has 0 aliphatic heterocycles. The van der Waals surface area contributed by atoms with Crippen molar-refractivity contribution in [1.82, 2.24) is 19.7 Å². The van der Waals surface area contributed by atoms with Crippen LogP contribution < -0.4 is 5.32 Å². The fourth-order valence-corrected chi connectivity index (χ4v) is 2.84. The predicted octanol–water partition coefficient (Wildman–Crippen LogP) is 3.16. The number of anilines is 1. The van der Waals surface area contributed by atoms with Crippen molar-refractivity contribution in [2.24, 2.45) is 0 Å². The molecule has 6 nitrogen and oxygen atoms in total. The molecule has 0 atom stereocenters. The van der Waals surface area contributed by atoms with Gasteiger partial charge < -0.3 is 5.32 Å². The molecule has 0 spiro atoms. The average Bonchev–Trinajstić information content (AvgIpc) is 3.18. The van der Waals surface area contributed by atoms with Gasteiger partial charge in [0.25, 0.3) is 0 Å². The Morgan fingerprint density at radius 2 is 2.04 bits per heavy atom. The van der Waals surface area contributed by atoms with Gasteiger partial charge in [-0.25, -0.2) is 14.6 Å². The molecule has 0 saturated heterocycles. The lowest BCUT2D eigenvalue weighted by Gasteiger charge is -2.01. The highest BCUT2D eigenvalue weighted by molar-refractivity contribution is 7.15. The lowest BCUT2D eigenvalue weighted by Crippen LogP contribution is -2.18. The van der Waals surface area contributed by atoms with E-state index in [2.05, 4.69) is 34.2 Å². The first kappa shape index (κ1) is 15.4. The van der Waals surface area contributed by atoms with Crippen molar-refractivity contribution in [3.63, 3.8) is 0 Å². The Balaban J connectivity index is 1.63. The second-order valence-corrected chi connectivity index (χ2v) is 6.46. The molecular weight excluding hydrogens is 310 g/mol. The van der Waals surface area contributed by atoms with Crippen LogP contribution >= 0.6 is 11.3 Å². The van der Waals surface area contributed by atoms with Gasteiger partial charge in [0.05, 0.1) is 0 Å². The number of carbonyl (C=O) groups excluding carboxylic acids is 1. The molecule has 0 radical (unpaired) electrons. The van der Waals surface area contributed by atoms with Crippen LogP contribution in [0.2, 0.25) is 0 Å². The van der Waals surface area contributed by atoms with Crippen molar-refractivity contribution < 1.29 is 4.79 Å². The van der Waals surface area contributed by atoms with Crippen molar-refractivity contribution in [1.29, 1.82) is 0 Å². The summed E-state index contributed by atoms with van der Waals surface area (Å²) < 4.78 is 1.52. The highest BCUT2D eigenvalue weighted by Crippen LogP contribution is 2.25. The van der Waals surface area contributed by atoms with Crippen molar-refractivity contribution in [3.05, 3.63) is 47.7 Å². The minimum atomic E-state index is -0.167. The zero-order valence-corrected chi connectivity index (χ0v) is 13.7.